The maximum absolute atomic E-state index is 12.2. The smallest absolute Gasteiger partial charge is 0.338 e. The molecule has 0 bridgehead atoms. The van der Waals surface area contributed by atoms with Crippen molar-refractivity contribution in [3.05, 3.63) is 29.8 Å². The molecule has 1 N–H and O–H groups in total. The molecule has 1 aliphatic rings. The fourth-order valence-electron chi connectivity index (χ4n) is 2.23. The summed E-state index contributed by atoms with van der Waals surface area (Å²) in [6.07, 6.45) is -0.00252. The highest BCUT2D eigenvalue weighted by Crippen LogP contribution is 2.17. The number of sulfonamides is 1. The van der Waals surface area contributed by atoms with Crippen molar-refractivity contribution in [1.29, 1.82) is 0 Å². The third-order valence-corrected chi connectivity index (χ3v) is 6.60. The first-order valence-electron chi connectivity index (χ1n) is 7.13. The molecule has 0 aliphatic carbocycles. The number of esters is 1. The molecule has 0 amide bonds. The molecule has 1 fully saturated rings. The molecule has 0 unspecified atom stereocenters. The standard InChI is InChI=1S/C14H19NO6S2/c1-10(2)21-14(16)11-3-5-13(6-4-11)23(19,20)15-12-7-8-22(17,18)9-12/h3-6,10,12,15H,7-9H2,1-2H3/t12-/m1/s1. The average Bonchev–Trinajstić information content (AvgIpc) is 2.76. The first-order valence-corrected chi connectivity index (χ1v) is 10.4. The Morgan fingerprint density at radius 3 is 2.35 bits per heavy atom. The molecule has 0 aromatic heterocycles. The van der Waals surface area contributed by atoms with E-state index in [0.29, 0.717) is 0 Å². The molecule has 1 aliphatic heterocycles. The van der Waals surface area contributed by atoms with Crippen molar-refractivity contribution >= 4 is 25.8 Å². The number of carbonyl (C=O) groups excluding carboxylic acids is 1. The molecule has 1 atom stereocenters. The van der Waals surface area contributed by atoms with Gasteiger partial charge in [0.25, 0.3) is 0 Å². The molecular weight excluding hydrogens is 342 g/mol. The number of hydrogen-bond donors (Lipinski definition) is 1. The summed E-state index contributed by atoms with van der Waals surface area (Å²) in [7, 11) is -6.99. The van der Waals surface area contributed by atoms with Crippen LogP contribution in [0.1, 0.15) is 30.6 Å². The normalized spacial score (nSPS) is 20.6. The third kappa shape index (κ3) is 4.76. The molecule has 128 valence electrons. The zero-order valence-electron chi connectivity index (χ0n) is 12.9. The number of ether oxygens (including phenoxy) is 1. The molecule has 2 rings (SSSR count). The number of sulfone groups is 1. The van der Waals surface area contributed by atoms with Crippen LogP contribution in [0, 0.1) is 0 Å². The number of benzene rings is 1. The van der Waals surface area contributed by atoms with E-state index in [2.05, 4.69) is 4.72 Å². The predicted molar refractivity (Wildman–Crippen MR) is 84.4 cm³/mol. The zero-order chi connectivity index (χ0) is 17.3. The fraction of sp³-hybridized carbons (Fsp3) is 0.500. The molecule has 23 heavy (non-hydrogen) atoms. The Hall–Kier alpha value is -1.45. The van der Waals surface area contributed by atoms with Crippen LogP contribution < -0.4 is 4.72 Å². The minimum absolute atomic E-state index is 0.0137. The highest BCUT2D eigenvalue weighted by Gasteiger charge is 2.31. The molecule has 1 aromatic rings. The second-order valence-electron chi connectivity index (χ2n) is 5.70. The molecule has 1 aromatic carbocycles. The lowest BCUT2D eigenvalue weighted by Crippen LogP contribution is -2.35. The number of hydrogen-bond acceptors (Lipinski definition) is 6. The molecule has 9 heteroatoms. The lowest BCUT2D eigenvalue weighted by atomic mass is 10.2. The Balaban J connectivity index is 2.10. The van der Waals surface area contributed by atoms with Gasteiger partial charge in [0.05, 0.1) is 28.1 Å². The highest BCUT2D eigenvalue weighted by molar-refractivity contribution is 7.92. The van der Waals surface area contributed by atoms with Gasteiger partial charge in [0.15, 0.2) is 9.84 Å². The van der Waals surface area contributed by atoms with Crippen LogP contribution in [0.3, 0.4) is 0 Å². The monoisotopic (exact) mass is 361 g/mol. The van der Waals surface area contributed by atoms with Gasteiger partial charge in [-0.2, -0.15) is 0 Å². The van der Waals surface area contributed by atoms with Crippen LogP contribution >= 0.6 is 0 Å². The molecule has 0 radical (unpaired) electrons. The maximum Gasteiger partial charge on any atom is 0.338 e. The third-order valence-electron chi connectivity index (χ3n) is 3.30. The van der Waals surface area contributed by atoms with Crippen molar-refractivity contribution < 1.29 is 26.4 Å². The Morgan fingerprint density at radius 2 is 1.87 bits per heavy atom. The molecule has 0 spiro atoms. The summed E-state index contributed by atoms with van der Waals surface area (Å²) < 4.78 is 54.6. The number of nitrogens with one attached hydrogen (secondary N) is 1. The van der Waals surface area contributed by atoms with E-state index >= 15 is 0 Å². The van der Waals surface area contributed by atoms with E-state index in [-0.39, 0.29) is 34.5 Å². The lowest BCUT2D eigenvalue weighted by molar-refractivity contribution is 0.0377. The minimum Gasteiger partial charge on any atom is -0.459 e. The topological polar surface area (TPSA) is 107 Å². The van der Waals surface area contributed by atoms with Crippen molar-refractivity contribution in [1.82, 2.24) is 4.72 Å². The van der Waals surface area contributed by atoms with E-state index in [1.54, 1.807) is 13.8 Å². The zero-order valence-corrected chi connectivity index (χ0v) is 14.5. The van der Waals surface area contributed by atoms with Gasteiger partial charge in [0.1, 0.15) is 0 Å². The van der Waals surface area contributed by atoms with Crippen LogP contribution in [0.15, 0.2) is 29.2 Å². The number of rotatable bonds is 5. The van der Waals surface area contributed by atoms with Crippen molar-refractivity contribution in [2.45, 2.75) is 37.3 Å². The fourth-order valence-corrected chi connectivity index (χ4v) is 5.28. The summed E-state index contributed by atoms with van der Waals surface area (Å²) in [5, 5.41) is 0. The van der Waals surface area contributed by atoms with Gasteiger partial charge in [-0.3, -0.25) is 0 Å². The van der Waals surface area contributed by atoms with Crippen LogP contribution in [0.5, 0.6) is 0 Å². The minimum atomic E-state index is -3.83. The van der Waals surface area contributed by atoms with Crippen molar-refractivity contribution in [2.24, 2.45) is 0 Å². The van der Waals surface area contributed by atoms with E-state index in [9.17, 15) is 21.6 Å². The summed E-state index contributed by atoms with van der Waals surface area (Å²) in [6, 6.07) is 4.70. The van der Waals surface area contributed by atoms with E-state index in [0.717, 1.165) is 0 Å². The average molecular weight is 361 g/mol. The van der Waals surface area contributed by atoms with E-state index in [4.69, 9.17) is 4.74 Å². The van der Waals surface area contributed by atoms with Gasteiger partial charge < -0.3 is 4.74 Å². The predicted octanol–water partition coefficient (Wildman–Crippen LogP) is 0.717. The van der Waals surface area contributed by atoms with Gasteiger partial charge in [-0.25, -0.2) is 26.4 Å². The van der Waals surface area contributed by atoms with Crippen LogP contribution in [0.25, 0.3) is 0 Å². The van der Waals surface area contributed by atoms with Crippen LogP contribution in [0.2, 0.25) is 0 Å². The lowest BCUT2D eigenvalue weighted by Gasteiger charge is -2.12. The SMILES string of the molecule is CC(C)OC(=O)c1ccc(S(=O)(=O)N[C@@H]2CCS(=O)(=O)C2)cc1. The first kappa shape index (κ1) is 17.9. The second kappa shape index (κ2) is 6.58. The summed E-state index contributed by atoms with van der Waals surface area (Å²) >= 11 is 0. The summed E-state index contributed by atoms with van der Waals surface area (Å²) in [4.78, 5) is 11.7. The quantitative estimate of drug-likeness (QED) is 0.775. The van der Waals surface area contributed by atoms with Crippen LogP contribution in [0.4, 0.5) is 0 Å². The largest absolute Gasteiger partial charge is 0.459 e. The molecule has 7 nitrogen and oxygen atoms in total. The second-order valence-corrected chi connectivity index (χ2v) is 9.64. The van der Waals surface area contributed by atoms with E-state index < -0.39 is 31.9 Å². The number of carbonyl (C=O) groups is 1. The first-order chi connectivity index (χ1) is 10.6. The van der Waals surface area contributed by atoms with E-state index in [1.165, 1.54) is 24.3 Å². The van der Waals surface area contributed by atoms with Crippen molar-refractivity contribution in [2.75, 3.05) is 11.5 Å². The van der Waals surface area contributed by atoms with E-state index in [1.807, 2.05) is 0 Å². The Bertz CT molecular complexity index is 781. The van der Waals surface area contributed by atoms with Crippen LogP contribution in [-0.2, 0) is 24.6 Å². The molecule has 0 saturated carbocycles. The summed E-state index contributed by atoms with van der Waals surface area (Å²) in [5.74, 6) is -0.732. The Kier molecular flexibility index (Phi) is 5.12. The molecule has 1 saturated heterocycles. The highest BCUT2D eigenvalue weighted by atomic mass is 32.2. The van der Waals surface area contributed by atoms with Gasteiger partial charge in [0.2, 0.25) is 10.0 Å². The summed E-state index contributed by atoms with van der Waals surface area (Å²) in [6.45, 7) is 3.44. The summed E-state index contributed by atoms with van der Waals surface area (Å²) in [5.41, 5.74) is 0.251. The maximum atomic E-state index is 12.2. The van der Waals surface area contributed by atoms with Crippen molar-refractivity contribution in [3.63, 3.8) is 0 Å². The van der Waals surface area contributed by atoms with Gasteiger partial charge in [-0.05, 0) is 44.5 Å². The van der Waals surface area contributed by atoms with Crippen LogP contribution in [-0.4, -0.2) is 46.5 Å². The molecule has 1 heterocycles. The van der Waals surface area contributed by atoms with Gasteiger partial charge in [-0.15, -0.1) is 0 Å². The van der Waals surface area contributed by atoms with Gasteiger partial charge in [-0.1, -0.05) is 0 Å². The molecular formula is C14H19NO6S2. The van der Waals surface area contributed by atoms with Gasteiger partial charge in [0, 0.05) is 6.04 Å². The van der Waals surface area contributed by atoms with Gasteiger partial charge >= 0.3 is 5.97 Å². The Morgan fingerprint density at radius 1 is 1.26 bits per heavy atom. The van der Waals surface area contributed by atoms with Crippen molar-refractivity contribution in [3.8, 4) is 0 Å². The Labute approximate surface area is 136 Å².